The normalized spacial score (nSPS) is 11.4. The van der Waals surface area contributed by atoms with Crippen LogP contribution in [0, 0.1) is 0 Å². The number of amides is 1. The SMILES string of the molecule is O=C(CSc1nc2ccccc2n1Cc1ccccc1)N/N=C\c1c(O)ccc2ccccc12. The van der Waals surface area contributed by atoms with E-state index in [-0.39, 0.29) is 17.4 Å². The molecule has 6 nitrogen and oxygen atoms in total. The molecule has 0 aliphatic rings. The maximum absolute atomic E-state index is 12.5. The molecule has 0 aliphatic heterocycles. The van der Waals surface area contributed by atoms with Gasteiger partial charge in [0.1, 0.15) is 5.75 Å². The molecule has 0 aliphatic carbocycles. The molecule has 1 aromatic heterocycles. The van der Waals surface area contributed by atoms with Crippen molar-refractivity contribution in [2.75, 3.05) is 5.75 Å². The zero-order valence-corrected chi connectivity index (χ0v) is 19.1. The van der Waals surface area contributed by atoms with Crippen molar-refractivity contribution in [2.45, 2.75) is 11.7 Å². The molecule has 0 atom stereocenters. The number of rotatable bonds is 7. The number of thioether (sulfide) groups is 1. The molecule has 7 heteroatoms. The van der Waals surface area contributed by atoms with E-state index in [2.05, 4.69) is 27.2 Å². The van der Waals surface area contributed by atoms with Crippen LogP contribution in [-0.2, 0) is 11.3 Å². The number of benzene rings is 4. The molecule has 0 spiro atoms. The molecule has 5 rings (SSSR count). The summed E-state index contributed by atoms with van der Waals surface area (Å²) in [6, 6.07) is 29.3. The minimum absolute atomic E-state index is 0.112. The summed E-state index contributed by atoms with van der Waals surface area (Å²) in [5, 5.41) is 16.9. The first-order valence-electron chi connectivity index (χ1n) is 10.8. The van der Waals surface area contributed by atoms with Crippen LogP contribution in [0.5, 0.6) is 5.75 Å². The van der Waals surface area contributed by atoms with Crippen LogP contribution < -0.4 is 5.43 Å². The molecule has 0 saturated carbocycles. The third kappa shape index (κ3) is 4.65. The lowest BCUT2D eigenvalue weighted by Crippen LogP contribution is -2.20. The highest BCUT2D eigenvalue weighted by molar-refractivity contribution is 7.99. The van der Waals surface area contributed by atoms with Crippen LogP contribution in [0.15, 0.2) is 101 Å². The van der Waals surface area contributed by atoms with Crippen molar-refractivity contribution in [1.82, 2.24) is 15.0 Å². The second-order valence-corrected chi connectivity index (χ2v) is 8.70. The van der Waals surface area contributed by atoms with Crippen molar-refractivity contribution in [3.63, 3.8) is 0 Å². The average molecular weight is 467 g/mol. The highest BCUT2D eigenvalue weighted by atomic mass is 32.2. The highest BCUT2D eigenvalue weighted by Crippen LogP contribution is 2.26. The van der Waals surface area contributed by atoms with Crippen LogP contribution >= 0.6 is 11.8 Å². The number of phenolic OH excluding ortho intramolecular Hbond substituents is 1. The Morgan fingerprint density at radius 1 is 0.971 bits per heavy atom. The smallest absolute Gasteiger partial charge is 0.250 e. The highest BCUT2D eigenvalue weighted by Gasteiger charge is 2.13. The molecule has 0 radical (unpaired) electrons. The number of hydrogen-bond acceptors (Lipinski definition) is 5. The molecule has 1 heterocycles. The molecule has 0 saturated heterocycles. The first-order chi connectivity index (χ1) is 16.7. The molecular formula is C27H22N4O2S. The summed E-state index contributed by atoms with van der Waals surface area (Å²) >= 11 is 1.37. The number of hydrogen-bond donors (Lipinski definition) is 2. The predicted octanol–water partition coefficient (Wildman–Crippen LogP) is 5.19. The van der Waals surface area contributed by atoms with Crippen LogP contribution in [0.3, 0.4) is 0 Å². The van der Waals surface area contributed by atoms with Gasteiger partial charge in [0.15, 0.2) is 5.16 Å². The van der Waals surface area contributed by atoms with Gasteiger partial charge in [0.05, 0.1) is 29.5 Å². The Balaban J connectivity index is 1.29. The summed E-state index contributed by atoms with van der Waals surface area (Å²) in [6.07, 6.45) is 1.48. The number of nitrogens with zero attached hydrogens (tertiary/aromatic N) is 3. The van der Waals surface area contributed by atoms with Crippen LogP contribution in [0.4, 0.5) is 0 Å². The van der Waals surface area contributed by atoms with Gasteiger partial charge in [-0.15, -0.1) is 0 Å². The molecule has 1 amide bonds. The fraction of sp³-hybridized carbons (Fsp3) is 0.0741. The first-order valence-corrected chi connectivity index (χ1v) is 11.8. The molecule has 0 fully saturated rings. The summed E-state index contributed by atoms with van der Waals surface area (Å²) in [7, 11) is 0. The summed E-state index contributed by atoms with van der Waals surface area (Å²) in [6.45, 7) is 0.670. The lowest BCUT2D eigenvalue weighted by Gasteiger charge is -2.09. The Morgan fingerprint density at radius 3 is 2.62 bits per heavy atom. The van der Waals surface area contributed by atoms with Gasteiger partial charge in [-0.05, 0) is 34.5 Å². The maximum atomic E-state index is 12.5. The monoisotopic (exact) mass is 466 g/mol. The molecule has 0 unspecified atom stereocenters. The van der Waals surface area contributed by atoms with Gasteiger partial charge in [0.25, 0.3) is 5.91 Å². The van der Waals surface area contributed by atoms with E-state index in [0.29, 0.717) is 12.1 Å². The van der Waals surface area contributed by atoms with E-state index >= 15 is 0 Å². The van der Waals surface area contributed by atoms with Crippen molar-refractivity contribution < 1.29 is 9.90 Å². The van der Waals surface area contributed by atoms with E-state index < -0.39 is 0 Å². The first kappa shape index (κ1) is 21.7. The average Bonchev–Trinajstić information content (AvgIpc) is 3.22. The number of nitrogens with one attached hydrogen (secondary N) is 1. The summed E-state index contributed by atoms with van der Waals surface area (Å²) in [4.78, 5) is 17.2. The van der Waals surface area contributed by atoms with Crippen LogP contribution in [0.2, 0.25) is 0 Å². The zero-order chi connectivity index (χ0) is 23.3. The molecule has 0 bridgehead atoms. The lowest BCUT2D eigenvalue weighted by atomic mass is 10.0. The predicted molar refractivity (Wildman–Crippen MR) is 137 cm³/mol. The quantitative estimate of drug-likeness (QED) is 0.197. The van der Waals surface area contributed by atoms with Crippen molar-refractivity contribution in [3.8, 4) is 5.75 Å². The van der Waals surface area contributed by atoms with Gasteiger partial charge in [-0.2, -0.15) is 5.10 Å². The Morgan fingerprint density at radius 2 is 1.74 bits per heavy atom. The largest absolute Gasteiger partial charge is 0.507 e. The van der Waals surface area contributed by atoms with Crippen molar-refractivity contribution in [1.29, 1.82) is 0 Å². The third-order valence-corrected chi connectivity index (χ3v) is 6.44. The number of fused-ring (bicyclic) bond motifs is 2. The van der Waals surface area contributed by atoms with E-state index in [1.165, 1.54) is 18.0 Å². The Bertz CT molecular complexity index is 1500. The summed E-state index contributed by atoms with van der Waals surface area (Å²) in [5.74, 6) is 0.0248. The van der Waals surface area contributed by atoms with Crippen molar-refractivity contribution in [2.24, 2.45) is 5.10 Å². The molecular weight excluding hydrogens is 444 g/mol. The van der Waals surface area contributed by atoms with Crippen molar-refractivity contribution in [3.05, 3.63) is 102 Å². The molecule has 4 aromatic carbocycles. The number of hydrazone groups is 1. The van der Waals surface area contributed by atoms with Gasteiger partial charge in [-0.25, -0.2) is 10.4 Å². The van der Waals surface area contributed by atoms with Gasteiger partial charge in [0, 0.05) is 5.56 Å². The van der Waals surface area contributed by atoms with E-state index in [4.69, 9.17) is 4.98 Å². The summed E-state index contributed by atoms with van der Waals surface area (Å²) < 4.78 is 2.13. The zero-order valence-electron chi connectivity index (χ0n) is 18.3. The van der Waals surface area contributed by atoms with E-state index in [1.807, 2.05) is 72.8 Å². The third-order valence-electron chi connectivity index (χ3n) is 5.47. The number of aromatic nitrogens is 2. The molecule has 168 valence electrons. The second-order valence-electron chi connectivity index (χ2n) is 7.76. The van der Waals surface area contributed by atoms with Gasteiger partial charge in [-0.1, -0.05) is 84.6 Å². The minimum Gasteiger partial charge on any atom is -0.507 e. The second kappa shape index (κ2) is 9.80. The molecule has 5 aromatic rings. The van der Waals surface area contributed by atoms with Gasteiger partial charge in [0.2, 0.25) is 0 Å². The van der Waals surface area contributed by atoms with Crippen LogP contribution in [0.1, 0.15) is 11.1 Å². The topological polar surface area (TPSA) is 79.5 Å². The molecule has 2 N–H and O–H groups in total. The van der Waals surface area contributed by atoms with Gasteiger partial charge in [-0.3, -0.25) is 4.79 Å². The Kier molecular flexibility index (Phi) is 6.27. The van der Waals surface area contributed by atoms with Gasteiger partial charge >= 0.3 is 0 Å². The fourth-order valence-corrected chi connectivity index (χ4v) is 4.64. The summed E-state index contributed by atoms with van der Waals surface area (Å²) in [5.41, 5.74) is 6.21. The van der Waals surface area contributed by atoms with E-state index in [1.54, 1.807) is 6.07 Å². The van der Waals surface area contributed by atoms with Crippen LogP contribution in [-0.4, -0.2) is 32.5 Å². The fourth-order valence-electron chi connectivity index (χ4n) is 3.83. The van der Waals surface area contributed by atoms with Crippen LogP contribution in [0.25, 0.3) is 21.8 Å². The maximum Gasteiger partial charge on any atom is 0.250 e. The van der Waals surface area contributed by atoms with Gasteiger partial charge < -0.3 is 9.67 Å². The number of phenols is 1. The minimum atomic E-state index is -0.251. The lowest BCUT2D eigenvalue weighted by molar-refractivity contribution is -0.118. The molecule has 34 heavy (non-hydrogen) atoms. The van der Waals surface area contributed by atoms with Crippen molar-refractivity contribution >= 4 is 45.7 Å². The standard InChI is InChI=1S/C27H22N4O2S/c32-25-15-14-20-10-4-5-11-21(20)22(25)16-28-30-26(33)18-34-27-29-23-12-6-7-13-24(23)31(27)17-19-8-2-1-3-9-19/h1-16,32H,17-18H2,(H,30,33)/b28-16-. The van der Waals surface area contributed by atoms with E-state index in [0.717, 1.165) is 32.5 Å². The van der Waals surface area contributed by atoms with E-state index in [9.17, 15) is 9.90 Å². The number of aromatic hydroxyl groups is 1. The number of imidazole rings is 1. The number of para-hydroxylation sites is 2. The number of carbonyl (C=O) groups is 1. The number of carbonyl (C=O) groups excluding carboxylic acids is 1. The Hall–Kier alpha value is -4.10. The Labute approximate surface area is 201 Å².